The van der Waals surface area contributed by atoms with Gasteiger partial charge >= 0.3 is 0 Å². The number of aryl methyl sites for hydroxylation is 3. The van der Waals surface area contributed by atoms with Gasteiger partial charge in [-0.15, -0.1) is 11.3 Å². The number of aliphatic hydroxyl groups is 1. The number of likely N-dealkylation sites (tertiary alicyclic amines) is 2. The van der Waals surface area contributed by atoms with Crippen molar-refractivity contribution in [1.29, 1.82) is 0 Å². The second-order valence-electron chi connectivity index (χ2n) is 13.4. The summed E-state index contributed by atoms with van der Waals surface area (Å²) in [6.07, 6.45) is 4.56. The number of amides is 2. The molecule has 2 amide bonds. The van der Waals surface area contributed by atoms with Gasteiger partial charge in [0.25, 0.3) is 11.5 Å². The molecule has 0 spiro atoms. The molecule has 5 aromatic rings. The van der Waals surface area contributed by atoms with E-state index in [-0.39, 0.29) is 35.8 Å². The Morgan fingerprint density at radius 1 is 0.979 bits per heavy atom. The standard InChI is InChI=1S/C37H40N6O4S/c1-24-9-11-27(12-10-24)33-39-25(2)31(48-33)36(46)42-18-14-28(30(21-42)26-7-5-4-6-8-26)34(44)41-19-15-37(47,16-20-41)22-43-23-38-32-29(35(43)45)13-17-40(32)3/h4-13,17,23,28,30,47H,14-16,18-22H2,1-3H3/t28-,30+/m1/s1. The van der Waals surface area contributed by atoms with Crippen LogP contribution in [0.4, 0.5) is 0 Å². The Morgan fingerprint density at radius 3 is 2.44 bits per heavy atom. The zero-order valence-electron chi connectivity index (χ0n) is 27.5. The molecular weight excluding hydrogens is 625 g/mol. The molecule has 3 aromatic heterocycles. The van der Waals surface area contributed by atoms with Crippen LogP contribution in [0.2, 0.25) is 0 Å². The Labute approximate surface area is 283 Å². The molecule has 48 heavy (non-hydrogen) atoms. The summed E-state index contributed by atoms with van der Waals surface area (Å²) in [7, 11) is 1.84. The monoisotopic (exact) mass is 664 g/mol. The predicted molar refractivity (Wildman–Crippen MR) is 186 cm³/mol. The van der Waals surface area contributed by atoms with E-state index in [0.717, 1.165) is 21.8 Å². The van der Waals surface area contributed by atoms with Crippen LogP contribution in [0.25, 0.3) is 21.6 Å². The van der Waals surface area contributed by atoms with Crippen molar-refractivity contribution >= 4 is 34.2 Å². The molecule has 2 saturated heterocycles. The van der Waals surface area contributed by atoms with Crippen LogP contribution < -0.4 is 5.56 Å². The minimum absolute atomic E-state index is 0.0448. The molecule has 0 saturated carbocycles. The summed E-state index contributed by atoms with van der Waals surface area (Å²) in [5.74, 6) is -0.445. The van der Waals surface area contributed by atoms with Crippen molar-refractivity contribution < 1.29 is 14.7 Å². The molecule has 2 aliphatic heterocycles. The first-order valence-electron chi connectivity index (χ1n) is 16.5. The molecule has 7 rings (SSSR count). The van der Waals surface area contributed by atoms with E-state index in [4.69, 9.17) is 4.98 Å². The number of rotatable bonds is 6. The van der Waals surface area contributed by atoms with Gasteiger partial charge in [-0.3, -0.25) is 19.0 Å². The van der Waals surface area contributed by atoms with Crippen LogP contribution in [0.3, 0.4) is 0 Å². The second-order valence-corrected chi connectivity index (χ2v) is 14.4. The van der Waals surface area contributed by atoms with Crippen LogP contribution in [-0.2, 0) is 18.4 Å². The highest BCUT2D eigenvalue weighted by Crippen LogP contribution is 2.37. The number of aromatic nitrogens is 4. The van der Waals surface area contributed by atoms with Gasteiger partial charge in [-0.05, 0) is 44.7 Å². The maximum Gasteiger partial charge on any atom is 0.265 e. The molecule has 0 unspecified atom stereocenters. The zero-order chi connectivity index (χ0) is 33.6. The van der Waals surface area contributed by atoms with Gasteiger partial charge in [0.15, 0.2) is 0 Å². The number of thiazole rings is 1. The van der Waals surface area contributed by atoms with E-state index >= 15 is 0 Å². The SMILES string of the molecule is Cc1ccc(-c2nc(C)c(C(=O)N3CC[C@@H](C(=O)N4CCC(O)(Cn5cnc6c(ccn6C)c5=O)CC4)[C@H](c4ccccc4)C3)s2)cc1. The Hall–Kier alpha value is -4.61. The fourth-order valence-electron chi connectivity index (χ4n) is 7.17. The molecule has 5 heterocycles. The summed E-state index contributed by atoms with van der Waals surface area (Å²) in [5, 5.41) is 12.8. The van der Waals surface area contributed by atoms with Crippen molar-refractivity contribution in [2.75, 3.05) is 26.2 Å². The minimum atomic E-state index is -1.12. The van der Waals surface area contributed by atoms with Crippen molar-refractivity contribution in [2.24, 2.45) is 13.0 Å². The third-order valence-corrected chi connectivity index (χ3v) is 11.2. The lowest BCUT2D eigenvalue weighted by atomic mass is 9.79. The molecular formula is C37H40N6O4S. The Kier molecular flexibility index (Phi) is 8.51. The smallest absolute Gasteiger partial charge is 0.265 e. The van der Waals surface area contributed by atoms with Crippen molar-refractivity contribution in [2.45, 2.75) is 51.2 Å². The number of carbonyl (C=O) groups excluding carboxylic acids is 2. The predicted octanol–water partition coefficient (Wildman–Crippen LogP) is 4.77. The third-order valence-electron chi connectivity index (χ3n) is 10.1. The molecule has 2 fully saturated rings. The van der Waals surface area contributed by atoms with Crippen LogP contribution in [-0.4, -0.2) is 77.6 Å². The van der Waals surface area contributed by atoms with Crippen molar-refractivity contribution in [3.8, 4) is 10.6 Å². The van der Waals surface area contributed by atoms with Gasteiger partial charge in [0.1, 0.15) is 21.9 Å². The van der Waals surface area contributed by atoms with E-state index in [2.05, 4.69) is 4.98 Å². The normalized spacial score (nSPS) is 19.5. The summed E-state index contributed by atoms with van der Waals surface area (Å²) in [5.41, 5.74) is 3.22. The van der Waals surface area contributed by atoms with E-state index in [0.29, 0.717) is 61.4 Å². The minimum Gasteiger partial charge on any atom is -0.388 e. The van der Waals surface area contributed by atoms with Crippen LogP contribution in [0.1, 0.15) is 51.7 Å². The highest BCUT2D eigenvalue weighted by molar-refractivity contribution is 7.17. The average Bonchev–Trinajstić information content (AvgIpc) is 3.68. The first-order valence-corrected chi connectivity index (χ1v) is 17.3. The summed E-state index contributed by atoms with van der Waals surface area (Å²) in [4.78, 5) is 54.7. The van der Waals surface area contributed by atoms with Crippen LogP contribution in [0.15, 0.2) is 78.0 Å². The molecule has 248 valence electrons. The van der Waals surface area contributed by atoms with Gasteiger partial charge in [0.2, 0.25) is 5.91 Å². The van der Waals surface area contributed by atoms with E-state index in [1.165, 1.54) is 27.8 Å². The molecule has 10 nitrogen and oxygen atoms in total. The lowest BCUT2D eigenvalue weighted by Crippen LogP contribution is -2.53. The van der Waals surface area contributed by atoms with E-state index < -0.39 is 5.60 Å². The molecule has 1 N–H and O–H groups in total. The van der Waals surface area contributed by atoms with E-state index in [1.807, 2.05) is 85.3 Å². The number of carbonyl (C=O) groups is 2. The Bertz CT molecular complexity index is 2020. The lowest BCUT2D eigenvalue weighted by molar-refractivity contribution is -0.142. The van der Waals surface area contributed by atoms with Crippen molar-refractivity contribution in [1.82, 2.24) is 28.9 Å². The Morgan fingerprint density at radius 2 is 1.71 bits per heavy atom. The second kappa shape index (κ2) is 12.8. The zero-order valence-corrected chi connectivity index (χ0v) is 28.3. The van der Waals surface area contributed by atoms with Gasteiger partial charge in [-0.25, -0.2) is 9.97 Å². The Balaban J connectivity index is 1.05. The maximum absolute atomic E-state index is 14.2. The van der Waals surface area contributed by atoms with Gasteiger partial charge in [-0.1, -0.05) is 60.2 Å². The molecule has 11 heteroatoms. The van der Waals surface area contributed by atoms with Crippen molar-refractivity contribution in [3.05, 3.63) is 105 Å². The first-order chi connectivity index (χ1) is 23.1. The van der Waals surface area contributed by atoms with Gasteiger partial charge in [0.05, 0.1) is 23.2 Å². The van der Waals surface area contributed by atoms with Crippen molar-refractivity contribution in [3.63, 3.8) is 0 Å². The number of piperidine rings is 2. The first kappa shape index (κ1) is 32.0. The molecule has 0 aliphatic carbocycles. The number of hydrogen-bond donors (Lipinski definition) is 1. The molecule has 2 aromatic carbocycles. The summed E-state index contributed by atoms with van der Waals surface area (Å²) < 4.78 is 3.28. The van der Waals surface area contributed by atoms with Gasteiger partial charge in [0, 0.05) is 56.8 Å². The van der Waals surface area contributed by atoms with Gasteiger partial charge < -0.3 is 19.5 Å². The lowest BCUT2D eigenvalue weighted by Gasteiger charge is -2.43. The maximum atomic E-state index is 14.2. The number of benzene rings is 2. The van der Waals surface area contributed by atoms with Gasteiger partial charge in [-0.2, -0.15) is 0 Å². The van der Waals surface area contributed by atoms with Crippen LogP contribution in [0, 0.1) is 19.8 Å². The van der Waals surface area contributed by atoms with E-state index in [1.54, 1.807) is 16.8 Å². The summed E-state index contributed by atoms with van der Waals surface area (Å²) in [6, 6.07) is 19.9. The number of nitrogens with zero attached hydrogens (tertiary/aromatic N) is 6. The van der Waals surface area contributed by atoms with Crippen LogP contribution in [0.5, 0.6) is 0 Å². The largest absolute Gasteiger partial charge is 0.388 e. The fourth-order valence-corrected chi connectivity index (χ4v) is 8.21. The topological polar surface area (TPSA) is 114 Å². The summed E-state index contributed by atoms with van der Waals surface area (Å²) >= 11 is 1.42. The number of fused-ring (bicyclic) bond motifs is 1. The fraction of sp³-hybridized carbons (Fsp3) is 0.378. The van der Waals surface area contributed by atoms with Crippen LogP contribution >= 0.6 is 11.3 Å². The molecule has 0 radical (unpaired) electrons. The van der Waals surface area contributed by atoms with E-state index in [9.17, 15) is 19.5 Å². The summed E-state index contributed by atoms with van der Waals surface area (Å²) in [6.45, 7) is 5.76. The highest BCUT2D eigenvalue weighted by atomic mass is 32.1. The average molecular weight is 665 g/mol. The quantitative estimate of drug-likeness (QED) is 0.280. The molecule has 2 aliphatic rings. The molecule has 0 bridgehead atoms. The number of hydrogen-bond acceptors (Lipinski definition) is 7. The third kappa shape index (κ3) is 6.08. The molecule has 2 atom stereocenters. The highest BCUT2D eigenvalue weighted by Gasteiger charge is 2.42.